The molecule has 0 N–H and O–H groups in total. The van der Waals surface area contributed by atoms with E-state index in [-0.39, 0.29) is 6.04 Å². The quantitative estimate of drug-likeness (QED) is 0.767. The Labute approximate surface area is 156 Å². The summed E-state index contributed by atoms with van der Waals surface area (Å²) < 4.78 is 22.5. The highest BCUT2D eigenvalue weighted by Crippen LogP contribution is 2.44. The van der Waals surface area contributed by atoms with Crippen molar-refractivity contribution in [1.29, 1.82) is 0 Å². The first-order chi connectivity index (χ1) is 12.2. The lowest BCUT2D eigenvalue weighted by Gasteiger charge is -2.32. The fourth-order valence-corrected chi connectivity index (χ4v) is 3.00. The van der Waals surface area contributed by atoms with Gasteiger partial charge in [-0.15, -0.1) is 0 Å². The van der Waals surface area contributed by atoms with E-state index < -0.39 is 17.9 Å². The zero-order chi connectivity index (χ0) is 19.5. The number of hydrogen-bond donors (Lipinski definition) is 0. The van der Waals surface area contributed by atoms with Gasteiger partial charge in [0, 0.05) is 0 Å². The Morgan fingerprint density at radius 1 is 1.19 bits per heavy atom. The number of carbonyl (C=O) groups excluding carboxylic acids is 1. The molecular formula is C20H30NO5. The minimum absolute atomic E-state index is 0.190. The average molecular weight is 364 g/mol. The van der Waals surface area contributed by atoms with Gasteiger partial charge in [-0.25, -0.2) is 4.79 Å². The summed E-state index contributed by atoms with van der Waals surface area (Å²) in [5, 5.41) is 0. The fourth-order valence-electron chi connectivity index (χ4n) is 3.00. The molecule has 1 aromatic carbocycles. The number of hydrogen-bond acceptors (Lipinski definition) is 5. The summed E-state index contributed by atoms with van der Waals surface area (Å²) in [6, 6.07) is 5.29. The predicted molar refractivity (Wildman–Crippen MR) is 99.0 cm³/mol. The Balaban J connectivity index is 2.44. The van der Waals surface area contributed by atoms with Crippen molar-refractivity contribution in [2.75, 3.05) is 14.2 Å². The van der Waals surface area contributed by atoms with Crippen molar-refractivity contribution in [3.63, 3.8) is 0 Å². The zero-order valence-corrected chi connectivity index (χ0v) is 16.7. The van der Waals surface area contributed by atoms with Crippen LogP contribution in [-0.4, -0.2) is 36.9 Å². The number of nitrogens with zero attached hydrogens (tertiary/aromatic N) is 1. The molecule has 1 fully saturated rings. The van der Waals surface area contributed by atoms with Crippen LogP contribution in [0.1, 0.15) is 52.8 Å². The van der Waals surface area contributed by atoms with Gasteiger partial charge in [-0.1, -0.05) is 19.9 Å². The van der Waals surface area contributed by atoms with Crippen molar-refractivity contribution < 1.29 is 23.7 Å². The van der Waals surface area contributed by atoms with Crippen LogP contribution in [0.2, 0.25) is 0 Å². The number of rotatable bonds is 5. The van der Waals surface area contributed by atoms with Crippen molar-refractivity contribution in [3.05, 3.63) is 30.4 Å². The number of benzene rings is 1. The first-order valence-electron chi connectivity index (χ1n) is 8.89. The second-order valence-corrected chi connectivity index (χ2v) is 7.79. The summed E-state index contributed by atoms with van der Waals surface area (Å²) in [7, 11) is 3.17. The Bertz CT molecular complexity index is 601. The monoisotopic (exact) mass is 364 g/mol. The van der Waals surface area contributed by atoms with E-state index in [4.69, 9.17) is 18.9 Å². The van der Waals surface area contributed by atoms with E-state index in [9.17, 15) is 4.79 Å². The van der Waals surface area contributed by atoms with Crippen LogP contribution >= 0.6 is 0 Å². The minimum atomic E-state index is -0.667. The van der Waals surface area contributed by atoms with Gasteiger partial charge >= 0.3 is 6.09 Å². The largest absolute Gasteiger partial charge is 0.496 e. The molecule has 0 aliphatic carbocycles. The molecule has 6 heteroatoms. The van der Waals surface area contributed by atoms with E-state index in [1.54, 1.807) is 25.7 Å². The third kappa shape index (κ3) is 4.61. The lowest BCUT2D eigenvalue weighted by atomic mass is 10.0. The number of ether oxygens (including phenoxy) is 4. The van der Waals surface area contributed by atoms with Gasteiger partial charge in [-0.3, -0.25) is 4.90 Å². The van der Waals surface area contributed by atoms with Gasteiger partial charge in [0.2, 0.25) is 0 Å². The summed E-state index contributed by atoms with van der Waals surface area (Å²) in [4.78, 5) is 14.6. The van der Waals surface area contributed by atoms with E-state index in [0.29, 0.717) is 23.0 Å². The molecule has 2 rings (SSSR count). The van der Waals surface area contributed by atoms with E-state index in [2.05, 4.69) is 13.8 Å². The highest BCUT2D eigenvalue weighted by molar-refractivity contribution is 5.70. The summed E-state index contributed by atoms with van der Waals surface area (Å²) >= 11 is 0. The molecule has 1 aliphatic rings. The van der Waals surface area contributed by atoms with Crippen molar-refractivity contribution >= 4 is 6.09 Å². The number of amides is 1. The molecule has 0 aromatic heterocycles. The number of carbonyl (C=O) groups is 1. The maximum atomic E-state index is 13.0. The minimum Gasteiger partial charge on any atom is -0.496 e. The smallest absolute Gasteiger partial charge is 0.412 e. The van der Waals surface area contributed by atoms with Crippen LogP contribution in [-0.2, 0) is 9.47 Å². The summed E-state index contributed by atoms with van der Waals surface area (Å²) in [6.07, 6.45) is -0.317. The van der Waals surface area contributed by atoms with Crippen molar-refractivity contribution in [2.45, 2.75) is 58.9 Å². The molecule has 1 aliphatic heterocycles. The molecule has 1 saturated heterocycles. The van der Waals surface area contributed by atoms with Crippen LogP contribution in [0.5, 0.6) is 11.5 Å². The van der Waals surface area contributed by atoms with Crippen LogP contribution in [0, 0.1) is 12.5 Å². The molecule has 1 heterocycles. The molecule has 1 amide bonds. The Kier molecular flexibility index (Phi) is 6.39. The molecule has 26 heavy (non-hydrogen) atoms. The van der Waals surface area contributed by atoms with Crippen LogP contribution in [0.3, 0.4) is 0 Å². The zero-order valence-electron chi connectivity index (χ0n) is 16.7. The first-order valence-corrected chi connectivity index (χ1v) is 8.89. The molecular weight excluding hydrogens is 334 g/mol. The summed E-state index contributed by atoms with van der Waals surface area (Å²) in [6.45, 7) is 11.5. The average Bonchev–Trinajstić information content (AvgIpc) is 2.94. The van der Waals surface area contributed by atoms with Gasteiger partial charge in [0.05, 0.1) is 25.8 Å². The topological polar surface area (TPSA) is 57.2 Å². The van der Waals surface area contributed by atoms with Gasteiger partial charge < -0.3 is 18.9 Å². The second-order valence-electron chi connectivity index (χ2n) is 7.79. The molecule has 145 valence electrons. The Hall–Kier alpha value is -1.95. The second kappa shape index (κ2) is 8.16. The standard InChI is InChI=1S/C20H30NO5/c1-13(2)11-14-12-25-18(21(14)19(22)26-20(3,4)5)17-15(23-6)9-8-10-16(17)24-7/h8-10,12-14,18H,11H2,1-7H3. The summed E-state index contributed by atoms with van der Waals surface area (Å²) in [5.41, 5.74) is 0.0724. The predicted octanol–water partition coefficient (Wildman–Crippen LogP) is 4.55. The molecule has 0 saturated carbocycles. The fraction of sp³-hybridized carbons (Fsp3) is 0.600. The van der Waals surface area contributed by atoms with Crippen LogP contribution in [0.25, 0.3) is 0 Å². The first kappa shape index (κ1) is 20.4. The lowest BCUT2D eigenvalue weighted by Crippen LogP contribution is -2.42. The molecule has 2 unspecified atom stereocenters. The van der Waals surface area contributed by atoms with E-state index in [1.165, 1.54) is 0 Å². The highest BCUT2D eigenvalue weighted by Gasteiger charge is 2.44. The van der Waals surface area contributed by atoms with Crippen molar-refractivity contribution in [1.82, 2.24) is 4.90 Å². The molecule has 0 spiro atoms. The molecule has 1 aromatic rings. The maximum Gasteiger partial charge on any atom is 0.412 e. The molecule has 1 radical (unpaired) electrons. The lowest BCUT2D eigenvalue weighted by molar-refractivity contribution is -0.0131. The number of methoxy groups -OCH3 is 2. The van der Waals surface area contributed by atoms with Gasteiger partial charge in [-0.05, 0) is 45.2 Å². The Morgan fingerprint density at radius 2 is 1.77 bits per heavy atom. The van der Waals surface area contributed by atoms with Gasteiger partial charge in [-0.2, -0.15) is 0 Å². The van der Waals surface area contributed by atoms with Crippen LogP contribution in [0.4, 0.5) is 4.79 Å². The van der Waals surface area contributed by atoms with Gasteiger partial charge in [0.1, 0.15) is 23.7 Å². The van der Waals surface area contributed by atoms with Gasteiger partial charge in [0.15, 0.2) is 6.23 Å². The van der Waals surface area contributed by atoms with E-state index in [1.807, 2.05) is 39.0 Å². The third-order valence-corrected chi connectivity index (χ3v) is 4.00. The summed E-state index contributed by atoms with van der Waals surface area (Å²) in [5.74, 6) is 1.59. The SMILES string of the molecule is COc1cccc(OC)c1C1O[CH]C(CC(C)C)N1C(=O)OC(C)(C)C. The Morgan fingerprint density at radius 3 is 2.23 bits per heavy atom. The van der Waals surface area contributed by atoms with Crippen molar-refractivity contribution in [2.24, 2.45) is 5.92 Å². The molecule has 0 bridgehead atoms. The maximum absolute atomic E-state index is 13.0. The van der Waals surface area contributed by atoms with Crippen LogP contribution in [0.15, 0.2) is 18.2 Å². The highest BCUT2D eigenvalue weighted by atomic mass is 16.6. The molecule has 2 atom stereocenters. The molecule has 6 nitrogen and oxygen atoms in total. The van der Waals surface area contributed by atoms with E-state index >= 15 is 0 Å². The van der Waals surface area contributed by atoms with Gasteiger partial charge in [0.25, 0.3) is 0 Å². The van der Waals surface area contributed by atoms with Crippen LogP contribution < -0.4 is 9.47 Å². The van der Waals surface area contributed by atoms with Crippen molar-refractivity contribution in [3.8, 4) is 11.5 Å². The normalized spacial score (nSPS) is 20.4. The third-order valence-electron chi connectivity index (χ3n) is 4.00. The van der Waals surface area contributed by atoms with E-state index in [0.717, 1.165) is 6.42 Å².